The van der Waals surface area contributed by atoms with Gasteiger partial charge in [-0.2, -0.15) is 0 Å². The number of imide groups is 1. The molecule has 1 fully saturated rings. The van der Waals surface area contributed by atoms with Crippen LogP contribution in [0, 0.1) is 0 Å². The van der Waals surface area contributed by atoms with Crippen LogP contribution in [0.25, 0.3) is 0 Å². The number of amides is 4. The van der Waals surface area contributed by atoms with Gasteiger partial charge in [0.1, 0.15) is 0 Å². The van der Waals surface area contributed by atoms with Crippen LogP contribution in [0.3, 0.4) is 0 Å². The molecule has 0 aliphatic carbocycles. The number of nitrogens with zero attached hydrogens (tertiary/aromatic N) is 2. The molecule has 0 unspecified atom stereocenters. The summed E-state index contributed by atoms with van der Waals surface area (Å²) in [5.41, 5.74) is 0. The first-order chi connectivity index (χ1) is 10.9. The van der Waals surface area contributed by atoms with Crippen LogP contribution in [0.15, 0.2) is 0 Å². The summed E-state index contributed by atoms with van der Waals surface area (Å²) in [6.45, 7) is 8.36. The monoisotopic (exact) mass is 327 g/mol. The van der Waals surface area contributed by atoms with Crippen molar-refractivity contribution >= 4 is 17.8 Å². The zero-order valence-electron chi connectivity index (χ0n) is 14.4. The van der Waals surface area contributed by atoms with E-state index in [0.29, 0.717) is 19.5 Å². The van der Waals surface area contributed by atoms with E-state index in [-0.39, 0.29) is 17.9 Å². The number of rotatable bonds is 7. The Morgan fingerprint density at radius 1 is 1.04 bits per heavy atom. The van der Waals surface area contributed by atoms with Gasteiger partial charge in [0.25, 0.3) is 0 Å². The molecule has 1 saturated heterocycles. The third-order valence-corrected chi connectivity index (χ3v) is 3.99. The predicted molar refractivity (Wildman–Crippen MR) is 88.0 cm³/mol. The number of hydrogen-bond donors (Lipinski definition) is 3. The zero-order valence-corrected chi connectivity index (χ0v) is 14.4. The fourth-order valence-electron chi connectivity index (χ4n) is 2.31. The molecule has 1 rings (SSSR count). The summed E-state index contributed by atoms with van der Waals surface area (Å²) >= 11 is 0. The zero-order chi connectivity index (χ0) is 17.2. The highest BCUT2D eigenvalue weighted by molar-refractivity contribution is 5.94. The maximum Gasteiger partial charge on any atom is 0.321 e. The SMILES string of the molecule is CC[C@@H](C)NC(=O)CN1CCN(CCC(=O)NC(=O)NC)CC1. The van der Waals surface area contributed by atoms with E-state index < -0.39 is 6.03 Å². The molecule has 0 radical (unpaired) electrons. The lowest BCUT2D eigenvalue weighted by Crippen LogP contribution is -2.50. The minimum atomic E-state index is -0.480. The minimum absolute atomic E-state index is 0.0674. The molecule has 0 aromatic heterocycles. The van der Waals surface area contributed by atoms with Gasteiger partial charge in [0.15, 0.2) is 0 Å². The Kier molecular flexibility index (Phi) is 8.57. The van der Waals surface area contributed by atoms with Gasteiger partial charge in [0.05, 0.1) is 6.54 Å². The second-order valence-corrected chi connectivity index (χ2v) is 5.87. The third kappa shape index (κ3) is 7.94. The van der Waals surface area contributed by atoms with Crippen LogP contribution in [0.5, 0.6) is 0 Å². The van der Waals surface area contributed by atoms with Crippen LogP contribution in [0.1, 0.15) is 26.7 Å². The van der Waals surface area contributed by atoms with E-state index in [2.05, 4.69) is 25.8 Å². The van der Waals surface area contributed by atoms with Crippen LogP contribution >= 0.6 is 0 Å². The quantitative estimate of drug-likeness (QED) is 0.579. The van der Waals surface area contributed by atoms with Crippen LogP contribution < -0.4 is 16.0 Å². The summed E-state index contributed by atoms with van der Waals surface area (Å²) in [5, 5.41) is 7.56. The fourth-order valence-corrected chi connectivity index (χ4v) is 2.31. The lowest BCUT2D eigenvalue weighted by atomic mass is 10.2. The molecule has 4 amide bonds. The average molecular weight is 327 g/mol. The molecule has 3 N–H and O–H groups in total. The second kappa shape index (κ2) is 10.2. The lowest BCUT2D eigenvalue weighted by Gasteiger charge is -2.34. The Balaban J connectivity index is 2.19. The number of nitrogens with one attached hydrogen (secondary N) is 3. The van der Waals surface area contributed by atoms with Crippen molar-refractivity contribution < 1.29 is 14.4 Å². The van der Waals surface area contributed by atoms with Crippen molar-refractivity contribution in [2.75, 3.05) is 46.3 Å². The number of carbonyl (C=O) groups excluding carboxylic acids is 3. The van der Waals surface area contributed by atoms with Gasteiger partial charge in [-0.05, 0) is 13.3 Å². The normalized spacial score (nSPS) is 17.3. The van der Waals surface area contributed by atoms with Crippen LogP contribution in [-0.2, 0) is 9.59 Å². The summed E-state index contributed by atoms with van der Waals surface area (Å²) in [4.78, 5) is 38.7. The smallest absolute Gasteiger partial charge is 0.321 e. The molecule has 8 heteroatoms. The number of carbonyl (C=O) groups is 3. The van der Waals surface area contributed by atoms with Crippen LogP contribution in [-0.4, -0.2) is 80.0 Å². The van der Waals surface area contributed by atoms with Crippen LogP contribution in [0.2, 0.25) is 0 Å². The van der Waals surface area contributed by atoms with E-state index in [1.807, 2.05) is 13.8 Å². The molecule has 0 bridgehead atoms. The molecule has 0 aromatic carbocycles. The summed E-state index contributed by atoms with van der Waals surface area (Å²) < 4.78 is 0. The van der Waals surface area contributed by atoms with Crippen molar-refractivity contribution in [3.63, 3.8) is 0 Å². The molecular formula is C15H29N5O3. The average Bonchev–Trinajstić information content (AvgIpc) is 2.53. The standard InChI is InChI=1S/C15H29N5O3/c1-4-12(2)17-14(22)11-20-9-7-19(8-10-20)6-5-13(21)18-15(23)16-3/h12H,4-11H2,1-3H3,(H,17,22)(H2,16,18,21,23)/t12-/m1/s1. The van der Waals surface area contributed by atoms with Gasteiger partial charge in [-0.15, -0.1) is 0 Å². The summed E-state index contributed by atoms with van der Waals surface area (Å²) in [6.07, 6.45) is 1.22. The molecule has 0 spiro atoms. The van der Waals surface area contributed by atoms with Crippen molar-refractivity contribution in [1.29, 1.82) is 0 Å². The predicted octanol–water partition coefficient (Wildman–Crippen LogP) is -0.636. The van der Waals surface area contributed by atoms with Crippen LogP contribution in [0.4, 0.5) is 4.79 Å². The van der Waals surface area contributed by atoms with Gasteiger partial charge < -0.3 is 15.5 Å². The maximum absolute atomic E-state index is 11.9. The van der Waals surface area contributed by atoms with Gasteiger partial charge in [-0.3, -0.25) is 19.8 Å². The Morgan fingerprint density at radius 3 is 2.22 bits per heavy atom. The highest BCUT2D eigenvalue weighted by Gasteiger charge is 2.20. The molecule has 23 heavy (non-hydrogen) atoms. The van der Waals surface area contributed by atoms with Crippen molar-refractivity contribution in [1.82, 2.24) is 25.8 Å². The van der Waals surface area contributed by atoms with Gasteiger partial charge >= 0.3 is 6.03 Å². The molecule has 8 nitrogen and oxygen atoms in total. The molecule has 0 aromatic rings. The largest absolute Gasteiger partial charge is 0.353 e. The Hall–Kier alpha value is -1.67. The van der Waals surface area contributed by atoms with E-state index in [1.54, 1.807) is 0 Å². The number of urea groups is 1. The molecule has 132 valence electrons. The molecule has 1 aliphatic heterocycles. The van der Waals surface area contributed by atoms with Gasteiger partial charge in [-0.25, -0.2) is 4.79 Å². The first kappa shape index (κ1) is 19.4. The molecule has 1 aliphatic rings. The van der Waals surface area contributed by atoms with E-state index >= 15 is 0 Å². The van der Waals surface area contributed by atoms with Gasteiger partial charge in [0.2, 0.25) is 11.8 Å². The van der Waals surface area contributed by atoms with Gasteiger partial charge in [0, 0.05) is 52.2 Å². The first-order valence-electron chi connectivity index (χ1n) is 8.20. The molecular weight excluding hydrogens is 298 g/mol. The molecule has 1 heterocycles. The summed E-state index contributed by atoms with van der Waals surface area (Å²) in [6, 6.07) is -0.269. The Labute approximate surface area is 137 Å². The number of piperazine rings is 1. The van der Waals surface area contributed by atoms with Crippen molar-refractivity contribution in [2.24, 2.45) is 0 Å². The number of hydrogen-bond acceptors (Lipinski definition) is 5. The summed E-state index contributed by atoms with van der Waals surface area (Å²) in [5.74, 6) is -0.211. The third-order valence-electron chi connectivity index (χ3n) is 3.99. The summed E-state index contributed by atoms with van der Waals surface area (Å²) in [7, 11) is 1.47. The topological polar surface area (TPSA) is 93.8 Å². The minimum Gasteiger partial charge on any atom is -0.353 e. The fraction of sp³-hybridized carbons (Fsp3) is 0.800. The Bertz CT molecular complexity index is 408. The lowest BCUT2D eigenvalue weighted by molar-refractivity contribution is -0.123. The van der Waals surface area contributed by atoms with Crippen molar-refractivity contribution in [3.8, 4) is 0 Å². The van der Waals surface area contributed by atoms with E-state index in [0.717, 1.165) is 32.6 Å². The Morgan fingerprint density at radius 2 is 1.65 bits per heavy atom. The van der Waals surface area contributed by atoms with E-state index in [1.165, 1.54) is 7.05 Å². The highest BCUT2D eigenvalue weighted by Crippen LogP contribution is 2.02. The highest BCUT2D eigenvalue weighted by atomic mass is 16.2. The van der Waals surface area contributed by atoms with Gasteiger partial charge in [-0.1, -0.05) is 6.92 Å². The maximum atomic E-state index is 11.9. The van der Waals surface area contributed by atoms with Crippen molar-refractivity contribution in [3.05, 3.63) is 0 Å². The van der Waals surface area contributed by atoms with Crippen molar-refractivity contribution in [2.45, 2.75) is 32.7 Å². The molecule has 1 atom stereocenters. The second-order valence-electron chi connectivity index (χ2n) is 5.87. The van der Waals surface area contributed by atoms with E-state index in [4.69, 9.17) is 0 Å². The van der Waals surface area contributed by atoms with E-state index in [9.17, 15) is 14.4 Å². The molecule has 0 saturated carbocycles. The first-order valence-corrected chi connectivity index (χ1v) is 8.20.